The lowest BCUT2D eigenvalue weighted by Gasteiger charge is -1.93. The molecule has 0 aromatic carbocycles. The third-order valence-corrected chi connectivity index (χ3v) is 0.373. The molecule has 4 heteroatoms. The predicted molar refractivity (Wildman–Crippen MR) is 19.6 cm³/mol. The number of hydrogen-bond donors (Lipinski definition) is 2. The van der Waals surface area contributed by atoms with Crippen molar-refractivity contribution in [2.24, 2.45) is 0 Å². The second kappa shape index (κ2) is 2.52. The molecule has 42 valence electrons. The van der Waals surface area contributed by atoms with E-state index < -0.39 is 18.7 Å². The number of aliphatic hydroxyl groups is 1. The summed E-state index contributed by atoms with van der Waals surface area (Å²) in [5.41, 5.74) is 0. The van der Waals surface area contributed by atoms with E-state index in [0.29, 0.717) is 0 Å². The summed E-state index contributed by atoms with van der Waals surface area (Å²) in [5.74, 6) is -1.87. The van der Waals surface area contributed by atoms with Gasteiger partial charge >= 0.3 is 5.97 Å². The number of carboxylic acids is 1. The van der Waals surface area contributed by atoms with Crippen LogP contribution in [-0.4, -0.2) is 28.9 Å². The minimum Gasteiger partial charge on any atom is -0.479 e. The Labute approximate surface area is 40.8 Å². The van der Waals surface area contributed by atoms with Crippen molar-refractivity contribution in [1.29, 1.82) is 0 Å². The van der Waals surface area contributed by atoms with E-state index in [9.17, 15) is 9.18 Å². The minimum absolute atomic E-state index is 1.59. The van der Waals surface area contributed by atoms with E-state index in [1.54, 1.807) is 0 Å². The zero-order chi connectivity index (χ0) is 6.78. The lowest BCUT2D eigenvalue weighted by molar-refractivity contribution is -0.147. The first kappa shape index (κ1) is 4.52. The summed E-state index contributed by atoms with van der Waals surface area (Å²) in [6.07, 6.45) is -2.96. The van der Waals surface area contributed by atoms with Crippen molar-refractivity contribution in [2.75, 3.05) is 6.67 Å². The summed E-state index contributed by atoms with van der Waals surface area (Å²) in [6.45, 7) is -1.59. The molecule has 0 bridgehead atoms. The van der Waals surface area contributed by atoms with Crippen molar-refractivity contribution in [1.82, 2.24) is 0 Å². The van der Waals surface area contributed by atoms with E-state index in [-0.39, 0.29) is 0 Å². The molecular formula is C3H5FO3. The summed E-state index contributed by atoms with van der Waals surface area (Å²) < 4.78 is 17.4. The van der Waals surface area contributed by atoms with Gasteiger partial charge in [0.05, 0.1) is 1.37 Å². The fourth-order valence-electron chi connectivity index (χ4n) is 0.0572. The maximum Gasteiger partial charge on any atom is 0.335 e. The van der Waals surface area contributed by atoms with Crippen LogP contribution in [0.25, 0.3) is 0 Å². The van der Waals surface area contributed by atoms with Gasteiger partial charge in [0.2, 0.25) is 0 Å². The molecule has 3 nitrogen and oxygen atoms in total. The quantitative estimate of drug-likeness (QED) is 0.498. The molecule has 0 aliphatic heterocycles. The van der Waals surface area contributed by atoms with Crippen molar-refractivity contribution in [3.05, 3.63) is 0 Å². The molecule has 7 heavy (non-hydrogen) atoms. The van der Waals surface area contributed by atoms with Gasteiger partial charge in [0.25, 0.3) is 0 Å². The standard InChI is InChI=1S/C3H5FO3/c4-1-2(5)3(6)7/h2,5H,1H2,(H,6,7)/i2D. The van der Waals surface area contributed by atoms with Crippen molar-refractivity contribution < 1.29 is 20.8 Å². The van der Waals surface area contributed by atoms with Crippen LogP contribution >= 0.6 is 0 Å². The van der Waals surface area contributed by atoms with Gasteiger partial charge in [-0.1, -0.05) is 0 Å². The van der Waals surface area contributed by atoms with Crippen LogP contribution in [-0.2, 0) is 4.79 Å². The molecule has 0 rings (SSSR count). The first-order valence-corrected chi connectivity index (χ1v) is 1.52. The summed E-state index contributed by atoms with van der Waals surface area (Å²) in [4.78, 5) is 9.57. The van der Waals surface area contributed by atoms with Gasteiger partial charge in [-0.05, 0) is 0 Å². The van der Waals surface area contributed by atoms with E-state index in [1.165, 1.54) is 0 Å². The number of halogens is 1. The third-order valence-electron chi connectivity index (χ3n) is 0.373. The third kappa shape index (κ3) is 2.11. The molecular weight excluding hydrogens is 103 g/mol. The van der Waals surface area contributed by atoms with Crippen molar-refractivity contribution in [3.8, 4) is 0 Å². The number of rotatable bonds is 2. The summed E-state index contributed by atoms with van der Waals surface area (Å²) in [7, 11) is 0. The molecule has 1 atom stereocenters. The average Bonchev–Trinajstić information content (AvgIpc) is 1.67. The Morgan fingerprint density at radius 1 is 2.14 bits per heavy atom. The monoisotopic (exact) mass is 109 g/mol. The van der Waals surface area contributed by atoms with Crippen molar-refractivity contribution in [3.63, 3.8) is 0 Å². The Kier molecular flexibility index (Phi) is 1.63. The van der Waals surface area contributed by atoms with Gasteiger partial charge in [-0.15, -0.1) is 0 Å². The van der Waals surface area contributed by atoms with Gasteiger partial charge in [-0.3, -0.25) is 0 Å². The number of carbonyl (C=O) groups is 1. The largest absolute Gasteiger partial charge is 0.479 e. The summed E-state index contributed by atoms with van der Waals surface area (Å²) in [6, 6.07) is 0. The van der Waals surface area contributed by atoms with Gasteiger partial charge in [0, 0.05) is 0 Å². The van der Waals surface area contributed by atoms with E-state index >= 15 is 0 Å². The van der Waals surface area contributed by atoms with E-state index in [0.717, 1.165) is 0 Å². The van der Waals surface area contributed by atoms with Crippen LogP contribution < -0.4 is 0 Å². The van der Waals surface area contributed by atoms with Crippen LogP contribution in [0.5, 0.6) is 0 Å². The Bertz CT molecular complexity index is 103. The number of carboxylic acid groups (broad SMARTS) is 1. The van der Waals surface area contributed by atoms with E-state index in [2.05, 4.69) is 0 Å². The molecule has 2 N–H and O–H groups in total. The lowest BCUT2D eigenvalue weighted by Crippen LogP contribution is -2.20. The molecule has 0 aromatic heterocycles. The highest BCUT2D eigenvalue weighted by atomic mass is 19.1. The second-order valence-electron chi connectivity index (χ2n) is 0.885. The molecule has 0 aromatic rings. The first-order valence-electron chi connectivity index (χ1n) is 2.02. The second-order valence-corrected chi connectivity index (χ2v) is 0.885. The topological polar surface area (TPSA) is 57.5 Å². The Morgan fingerprint density at radius 2 is 2.57 bits per heavy atom. The molecule has 0 spiro atoms. The molecule has 0 aliphatic carbocycles. The molecule has 1 unspecified atom stereocenters. The van der Waals surface area contributed by atoms with Crippen LogP contribution in [0.4, 0.5) is 4.39 Å². The van der Waals surface area contributed by atoms with Gasteiger partial charge in [0.1, 0.15) is 6.67 Å². The minimum atomic E-state index is -2.96. The summed E-state index contributed by atoms with van der Waals surface area (Å²) in [5, 5.41) is 15.9. The fourth-order valence-corrected chi connectivity index (χ4v) is 0.0572. The normalized spacial score (nSPS) is 20.0. The molecule has 0 saturated heterocycles. The van der Waals surface area contributed by atoms with Crippen LogP contribution in [0, 0.1) is 0 Å². The molecule has 0 amide bonds. The number of alkyl halides is 1. The van der Waals surface area contributed by atoms with Crippen LogP contribution in [0.15, 0.2) is 0 Å². The SMILES string of the molecule is [2H]C(O)(CF)C(=O)O. The maximum atomic E-state index is 11.2. The molecule has 0 saturated carbocycles. The molecule has 0 aliphatic rings. The van der Waals surface area contributed by atoms with Gasteiger partial charge in [-0.2, -0.15) is 0 Å². The molecule has 0 radical (unpaired) electrons. The average molecular weight is 109 g/mol. The van der Waals surface area contributed by atoms with Crippen molar-refractivity contribution in [2.45, 2.75) is 6.08 Å². The zero-order valence-electron chi connectivity index (χ0n) is 4.39. The Balaban J connectivity index is 3.91. The molecule has 0 fully saturated rings. The first-order chi connectivity index (χ1) is 3.50. The summed E-state index contributed by atoms with van der Waals surface area (Å²) >= 11 is 0. The smallest absolute Gasteiger partial charge is 0.335 e. The lowest BCUT2D eigenvalue weighted by atomic mass is 10.4. The number of hydrogen-bond acceptors (Lipinski definition) is 2. The van der Waals surface area contributed by atoms with E-state index in [4.69, 9.17) is 11.6 Å². The van der Waals surface area contributed by atoms with Gasteiger partial charge in [-0.25, -0.2) is 9.18 Å². The highest BCUT2D eigenvalue weighted by Crippen LogP contribution is 1.80. The molecule has 0 heterocycles. The van der Waals surface area contributed by atoms with Crippen LogP contribution in [0.3, 0.4) is 0 Å². The number of aliphatic carboxylic acids is 1. The Morgan fingerprint density at radius 3 is 2.57 bits per heavy atom. The van der Waals surface area contributed by atoms with Crippen LogP contribution in [0.1, 0.15) is 1.37 Å². The highest BCUT2D eigenvalue weighted by molar-refractivity contribution is 5.71. The van der Waals surface area contributed by atoms with Crippen LogP contribution in [0.2, 0.25) is 0 Å². The van der Waals surface area contributed by atoms with Gasteiger partial charge < -0.3 is 10.2 Å². The van der Waals surface area contributed by atoms with Gasteiger partial charge in [0.15, 0.2) is 6.08 Å². The maximum absolute atomic E-state index is 11.2. The zero-order valence-corrected chi connectivity index (χ0v) is 3.39. The highest BCUT2D eigenvalue weighted by Gasteiger charge is 2.10. The fraction of sp³-hybridized carbons (Fsp3) is 0.667. The predicted octanol–water partition coefficient (Wildman–Crippen LogP) is -0.599. The Hall–Kier alpha value is -0.640. The van der Waals surface area contributed by atoms with E-state index in [1.807, 2.05) is 0 Å². The van der Waals surface area contributed by atoms with Crippen molar-refractivity contribution >= 4 is 5.97 Å².